The Morgan fingerprint density at radius 1 is 1.33 bits per heavy atom. The summed E-state index contributed by atoms with van der Waals surface area (Å²) in [5.74, 6) is 0. The van der Waals surface area contributed by atoms with Crippen molar-refractivity contribution in [1.82, 2.24) is 0 Å². The second-order valence-electron chi connectivity index (χ2n) is 2.13. The molecule has 0 unspecified atom stereocenters. The number of rotatable bonds is 0. The third-order valence-electron chi connectivity index (χ3n) is 1.43. The summed E-state index contributed by atoms with van der Waals surface area (Å²) in [5, 5.41) is 7.22. The van der Waals surface area contributed by atoms with Crippen LogP contribution >= 0.6 is 0 Å². The summed E-state index contributed by atoms with van der Waals surface area (Å²) in [5.41, 5.74) is 1.01. The minimum Gasteiger partial charge on any atom is -0.239 e. The summed E-state index contributed by atoms with van der Waals surface area (Å²) in [6.07, 6.45) is 4.57. The average Bonchev–Trinajstić information content (AvgIpc) is 2.49. The zero-order chi connectivity index (χ0) is 8.55. The third kappa shape index (κ3) is 0.928. The summed E-state index contributed by atoms with van der Waals surface area (Å²) in [4.78, 5) is 3.61. The maximum atomic E-state index is 10.6. The molecule has 0 N–H and O–H groups in total. The number of allylic oxidation sites excluding steroid dienone is 1. The van der Waals surface area contributed by atoms with E-state index in [9.17, 15) is 8.42 Å². The van der Waals surface area contributed by atoms with Gasteiger partial charge in [0.25, 0.3) is 0 Å². The monoisotopic (exact) mass is 181 g/mol. The molecular formula is C6H3N3O2S. The SMILES string of the molecule is O=S(=O)=C1N=CC=C2C=NN=C21. The van der Waals surface area contributed by atoms with Gasteiger partial charge in [0.15, 0.2) is 0 Å². The van der Waals surface area contributed by atoms with E-state index in [1.54, 1.807) is 6.08 Å². The van der Waals surface area contributed by atoms with Gasteiger partial charge in [-0.15, -0.1) is 5.10 Å². The Morgan fingerprint density at radius 3 is 2.92 bits per heavy atom. The Hall–Kier alpha value is -1.56. The third-order valence-corrected chi connectivity index (χ3v) is 2.05. The van der Waals surface area contributed by atoms with Crippen LogP contribution < -0.4 is 0 Å². The smallest absolute Gasteiger partial charge is 0.239 e. The zero-order valence-corrected chi connectivity index (χ0v) is 6.61. The van der Waals surface area contributed by atoms with Crippen LogP contribution in [-0.4, -0.2) is 31.5 Å². The Balaban J connectivity index is 2.69. The summed E-state index contributed by atoms with van der Waals surface area (Å²) < 4.78 is 21.2. The first-order chi connectivity index (χ1) is 5.79. The molecular weight excluding hydrogens is 178 g/mol. The Kier molecular flexibility index (Phi) is 1.47. The number of dihydropyridines is 1. The quantitative estimate of drug-likeness (QED) is 0.470. The van der Waals surface area contributed by atoms with Gasteiger partial charge in [-0.2, -0.15) is 13.5 Å². The van der Waals surface area contributed by atoms with Gasteiger partial charge in [0.2, 0.25) is 15.3 Å². The molecule has 0 saturated heterocycles. The van der Waals surface area contributed by atoms with Gasteiger partial charge in [-0.3, -0.25) is 0 Å². The molecule has 0 aromatic rings. The Labute approximate surface area is 69.4 Å². The van der Waals surface area contributed by atoms with Crippen LogP contribution in [0.2, 0.25) is 0 Å². The van der Waals surface area contributed by atoms with Gasteiger partial charge in [0, 0.05) is 11.8 Å². The molecule has 0 aliphatic carbocycles. The molecule has 2 aliphatic rings. The van der Waals surface area contributed by atoms with Gasteiger partial charge >= 0.3 is 0 Å². The first kappa shape index (κ1) is 7.11. The predicted molar refractivity (Wildman–Crippen MR) is 46.4 cm³/mol. The van der Waals surface area contributed by atoms with E-state index >= 15 is 0 Å². The minimum absolute atomic E-state index is 0.0509. The van der Waals surface area contributed by atoms with Crippen LogP contribution in [-0.2, 0) is 10.3 Å². The van der Waals surface area contributed by atoms with Gasteiger partial charge in [-0.1, -0.05) is 0 Å². The van der Waals surface area contributed by atoms with Gasteiger partial charge in [-0.25, -0.2) is 4.99 Å². The molecule has 6 heteroatoms. The molecule has 0 aromatic carbocycles. The minimum atomic E-state index is -2.35. The maximum Gasteiger partial charge on any atom is 0.242 e. The fraction of sp³-hybridized carbons (Fsp3) is 0. The molecule has 0 atom stereocenters. The Morgan fingerprint density at radius 2 is 2.17 bits per heavy atom. The Bertz CT molecular complexity index is 471. The van der Waals surface area contributed by atoms with Crippen molar-refractivity contribution in [3.05, 3.63) is 11.6 Å². The lowest BCUT2D eigenvalue weighted by Crippen LogP contribution is -2.17. The second kappa shape index (κ2) is 2.49. The lowest BCUT2D eigenvalue weighted by molar-refractivity contribution is 0.627. The van der Waals surface area contributed by atoms with E-state index in [0.29, 0.717) is 11.3 Å². The second-order valence-corrected chi connectivity index (χ2v) is 2.99. The number of aliphatic imine (C=N–C) groups is 1. The van der Waals surface area contributed by atoms with Crippen molar-refractivity contribution in [3.63, 3.8) is 0 Å². The lowest BCUT2D eigenvalue weighted by Gasteiger charge is -2.00. The summed E-state index contributed by atoms with van der Waals surface area (Å²) in [7, 11) is -2.35. The lowest BCUT2D eigenvalue weighted by atomic mass is 10.1. The van der Waals surface area contributed by atoms with E-state index in [4.69, 9.17) is 0 Å². The molecule has 60 valence electrons. The van der Waals surface area contributed by atoms with Crippen molar-refractivity contribution < 1.29 is 8.42 Å². The summed E-state index contributed by atoms with van der Waals surface area (Å²) in [6.45, 7) is 0. The molecule has 0 spiro atoms. The van der Waals surface area contributed by atoms with Crippen molar-refractivity contribution in [1.29, 1.82) is 0 Å². The van der Waals surface area contributed by atoms with Crippen molar-refractivity contribution in [2.24, 2.45) is 15.2 Å². The van der Waals surface area contributed by atoms with Crippen LogP contribution in [0, 0.1) is 0 Å². The van der Waals surface area contributed by atoms with Crippen LogP contribution in [0.15, 0.2) is 26.8 Å². The van der Waals surface area contributed by atoms with Crippen molar-refractivity contribution in [3.8, 4) is 0 Å². The molecule has 0 radical (unpaired) electrons. The molecule has 2 aliphatic heterocycles. The van der Waals surface area contributed by atoms with Gasteiger partial charge in [0.05, 0.1) is 6.21 Å². The summed E-state index contributed by atoms with van der Waals surface area (Å²) in [6, 6.07) is 0. The highest BCUT2D eigenvalue weighted by Crippen LogP contribution is 2.08. The average molecular weight is 181 g/mol. The van der Waals surface area contributed by atoms with Gasteiger partial charge < -0.3 is 0 Å². The van der Waals surface area contributed by atoms with E-state index < -0.39 is 10.3 Å². The first-order valence-corrected chi connectivity index (χ1v) is 4.19. The number of fused-ring (bicyclic) bond motifs is 1. The van der Waals surface area contributed by atoms with E-state index in [-0.39, 0.29) is 4.99 Å². The van der Waals surface area contributed by atoms with Gasteiger partial charge in [0.1, 0.15) is 5.71 Å². The van der Waals surface area contributed by atoms with E-state index in [1.165, 1.54) is 12.4 Å². The molecule has 0 aromatic heterocycles. The molecule has 0 amide bonds. The van der Waals surface area contributed by atoms with Crippen molar-refractivity contribution in [2.45, 2.75) is 0 Å². The molecule has 0 fully saturated rings. The molecule has 0 bridgehead atoms. The molecule has 0 saturated carbocycles. The van der Waals surface area contributed by atoms with Crippen molar-refractivity contribution >= 4 is 33.4 Å². The fourth-order valence-corrected chi connectivity index (χ4v) is 1.39. The van der Waals surface area contributed by atoms with Crippen LogP contribution in [0.1, 0.15) is 0 Å². The van der Waals surface area contributed by atoms with E-state index in [1.807, 2.05) is 0 Å². The maximum absolute atomic E-state index is 10.6. The van der Waals surface area contributed by atoms with Crippen LogP contribution in [0.3, 0.4) is 0 Å². The topological polar surface area (TPSA) is 71.2 Å². The largest absolute Gasteiger partial charge is 0.242 e. The standard InChI is InChI=1S/C6H3N3O2S/c10-12(11)6-5-4(1-2-7-6)3-8-9-5/h1-3H. The van der Waals surface area contributed by atoms with Gasteiger partial charge in [-0.05, 0) is 6.08 Å². The number of hydrogen-bond donors (Lipinski definition) is 0. The first-order valence-electron chi connectivity index (χ1n) is 3.11. The molecule has 12 heavy (non-hydrogen) atoms. The number of hydrogen-bond acceptors (Lipinski definition) is 4. The van der Waals surface area contributed by atoms with Crippen LogP contribution in [0.25, 0.3) is 0 Å². The molecule has 2 heterocycles. The van der Waals surface area contributed by atoms with Crippen LogP contribution in [0.4, 0.5) is 0 Å². The van der Waals surface area contributed by atoms with E-state index in [0.717, 1.165) is 0 Å². The van der Waals surface area contributed by atoms with E-state index in [2.05, 4.69) is 15.2 Å². The van der Waals surface area contributed by atoms with Crippen LogP contribution in [0.5, 0.6) is 0 Å². The highest BCUT2D eigenvalue weighted by Gasteiger charge is 2.19. The zero-order valence-electron chi connectivity index (χ0n) is 5.80. The highest BCUT2D eigenvalue weighted by molar-refractivity contribution is 7.75. The summed E-state index contributed by atoms with van der Waals surface area (Å²) >= 11 is 0. The normalized spacial score (nSPS) is 18.8. The predicted octanol–water partition coefficient (Wildman–Crippen LogP) is -0.553. The molecule has 5 nitrogen and oxygen atoms in total. The van der Waals surface area contributed by atoms with Crippen molar-refractivity contribution in [2.75, 3.05) is 0 Å². The fourth-order valence-electron chi connectivity index (χ4n) is 0.924. The highest BCUT2D eigenvalue weighted by atomic mass is 32.2. The molecule has 2 rings (SSSR count). The number of nitrogens with zero attached hydrogens (tertiary/aromatic N) is 3.